The molecule has 4 rings (SSSR count). The lowest BCUT2D eigenvalue weighted by atomic mass is 9.75. The Balaban J connectivity index is 1.84. The van der Waals surface area contributed by atoms with Gasteiger partial charge in [0.15, 0.2) is 12.6 Å². The van der Waals surface area contributed by atoms with E-state index >= 15 is 0 Å². The van der Waals surface area contributed by atoms with Crippen molar-refractivity contribution in [1.82, 2.24) is 4.90 Å². The van der Waals surface area contributed by atoms with Crippen LogP contribution in [0.5, 0.6) is 0 Å². The van der Waals surface area contributed by atoms with Crippen LogP contribution in [-0.4, -0.2) is 152 Å². The van der Waals surface area contributed by atoms with Crippen LogP contribution >= 0.6 is 0 Å². The average molecular weight is 746 g/mol. The highest BCUT2D eigenvalue weighted by Crippen LogP contribution is 2.51. The highest BCUT2D eigenvalue weighted by atomic mass is 16.7. The van der Waals surface area contributed by atoms with E-state index in [9.17, 15) is 24.9 Å². The van der Waals surface area contributed by atoms with E-state index in [1.165, 1.54) is 7.11 Å². The third-order valence-corrected chi connectivity index (χ3v) is 12.9. The molecule has 0 bridgehead atoms. The number of aliphatic hydroxyl groups excluding tert-OH is 2. The van der Waals surface area contributed by atoms with Gasteiger partial charge >= 0.3 is 5.97 Å². The van der Waals surface area contributed by atoms with Gasteiger partial charge in [-0.1, -0.05) is 27.7 Å². The van der Waals surface area contributed by atoms with Gasteiger partial charge in [0.2, 0.25) is 0 Å². The van der Waals surface area contributed by atoms with Crippen LogP contribution in [-0.2, 0) is 47.5 Å². The molecule has 0 radical (unpaired) electrons. The quantitative estimate of drug-likeness (QED) is 0.309. The first-order valence-electron chi connectivity index (χ1n) is 18.9. The number of hydrogen-bond acceptors (Lipinski definition) is 14. The number of carbonyl (C=O) groups is 2. The van der Waals surface area contributed by atoms with Crippen LogP contribution in [0.2, 0.25) is 0 Å². The number of nitrogens with zero attached hydrogens (tertiary/aromatic N) is 1. The van der Waals surface area contributed by atoms with E-state index in [2.05, 4.69) is 4.90 Å². The fourth-order valence-electron chi connectivity index (χ4n) is 9.07. The molecule has 14 nitrogen and oxygen atoms in total. The molecule has 3 aliphatic heterocycles. The van der Waals surface area contributed by atoms with Crippen molar-refractivity contribution in [2.45, 2.75) is 166 Å². The minimum Gasteiger partial charge on any atom is -0.458 e. The topological polar surface area (TPSA) is 172 Å². The predicted octanol–water partition coefficient (Wildman–Crippen LogP) is 2.31. The lowest BCUT2D eigenvalue weighted by Crippen LogP contribution is -2.61. The van der Waals surface area contributed by atoms with Crippen LogP contribution < -0.4 is 0 Å². The number of carbonyl (C=O) groups excluding carboxylic acids is 2. The molecule has 4 fully saturated rings. The Bertz CT molecular complexity index is 1240. The van der Waals surface area contributed by atoms with Crippen LogP contribution in [0.1, 0.15) is 81.6 Å². The van der Waals surface area contributed by atoms with Crippen molar-refractivity contribution in [3.8, 4) is 0 Å². The second-order valence-corrected chi connectivity index (χ2v) is 16.8. The minimum atomic E-state index is -1.79. The number of aliphatic hydroxyl groups is 3. The third kappa shape index (κ3) is 8.14. The van der Waals surface area contributed by atoms with Gasteiger partial charge in [-0.2, -0.15) is 0 Å². The largest absolute Gasteiger partial charge is 0.458 e. The normalized spacial score (nSPS) is 51.0. The number of esters is 1. The van der Waals surface area contributed by atoms with E-state index in [-0.39, 0.29) is 30.8 Å². The number of fused-ring (bicyclic) bond motifs is 1. The second kappa shape index (κ2) is 16.4. The number of ketones is 1. The van der Waals surface area contributed by atoms with Gasteiger partial charge in [0, 0.05) is 57.5 Å². The van der Waals surface area contributed by atoms with E-state index in [4.69, 9.17) is 37.9 Å². The Labute approximate surface area is 310 Å². The Morgan fingerprint density at radius 1 is 0.808 bits per heavy atom. The molecule has 2 unspecified atom stereocenters. The standard InChI is InChI=1S/C38H67NO13/c1-18-16-37(9,47-14)32(52-35-29(45-12)25(39(10)11)15-19(2)48-35)21(4)28(50-26-17-36(8,46-13)31(42)24(7)49-26)22(5)34(43)51-33-23(6)38(33,44)30(41)20(3)27(18)40/h18-26,28-33,35,41-42,44H,15-17H2,1-14H3/t18-,19-,20?,21+,22-,23?,24+,25+,26+,28+,29-,30-,31+,32-,33-,35+,36-,37+,38+/m1/s1. The predicted molar refractivity (Wildman–Crippen MR) is 189 cm³/mol. The Hall–Kier alpha value is -1.30. The van der Waals surface area contributed by atoms with Gasteiger partial charge in [-0.15, -0.1) is 0 Å². The number of rotatable bonds is 8. The number of likely N-dealkylation sites (N-methyl/N-ethyl adjacent to an activating group) is 1. The summed E-state index contributed by atoms with van der Waals surface area (Å²) in [6.45, 7) is 16.0. The molecule has 0 amide bonds. The smallest absolute Gasteiger partial charge is 0.311 e. The summed E-state index contributed by atoms with van der Waals surface area (Å²) in [4.78, 5) is 30.2. The number of hydrogen-bond donors (Lipinski definition) is 3. The summed E-state index contributed by atoms with van der Waals surface area (Å²) in [6, 6.07) is -0.0419. The fraction of sp³-hybridized carbons (Fsp3) is 0.947. The van der Waals surface area contributed by atoms with Crippen molar-refractivity contribution in [3.05, 3.63) is 0 Å². The molecule has 0 spiro atoms. The molecule has 1 saturated carbocycles. The maximum Gasteiger partial charge on any atom is 0.311 e. The molecule has 3 saturated heterocycles. The molecule has 0 aromatic heterocycles. The maximum atomic E-state index is 14.1. The van der Waals surface area contributed by atoms with Crippen LogP contribution in [0.4, 0.5) is 0 Å². The van der Waals surface area contributed by atoms with E-state index in [0.717, 1.165) is 0 Å². The highest BCUT2D eigenvalue weighted by molar-refractivity contribution is 5.84. The molecule has 0 aromatic rings. The first-order chi connectivity index (χ1) is 24.1. The van der Waals surface area contributed by atoms with E-state index in [1.807, 2.05) is 34.9 Å². The van der Waals surface area contributed by atoms with Crippen molar-refractivity contribution in [2.24, 2.45) is 29.6 Å². The van der Waals surface area contributed by atoms with E-state index in [1.54, 1.807) is 55.8 Å². The van der Waals surface area contributed by atoms with E-state index in [0.29, 0.717) is 6.42 Å². The molecular formula is C38H67NO13. The van der Waals surface area contributed by atoms with E-state index < -0.39 is 108 Å². The molecule has 4 aliphatic rings. The average Bonchev–Trinajstić information content (AvgIpc) is 3.63. The third-order valence-electron chi connectivity index (χ3n) is 12.9. The van der Waals surface area contributed by atoms with Crippen LogP contribution in [0, 0.1) is 29.6 Å². The van der Waals surface area contributed by atoms with Crippen molar-refractivity contribution >= 4 is 11.8 Å². The molecule has 52 heavy (non-hydrogen) atoms. The number of methoxy groups -OCH3 is 3. The number of Topliss-reactive ketones (excluding diaryl/α,β-unsaturated/α-hetero) is 1. The first kappa shape index (κ1) is 43.4. The second-order valence-electron chi connectivity index (χ2n) is 16.8. The zero-order chi connectivity index (χ0) is 39.2. The van der Waals surface area contributed by atoms with Crippen molar-refractivity contribution in [1.29, 1.82) is 0 Å². The van der Waals surface area contributed by atoms with Crippen LogP contribution in [0.25, 0.3) is 0 Å². The molecule has 3 heterocycles. The minimum absolute atomic E-state index is 0.0419. The van der Waals surface area contributed by atoms with Gasteiger partial charge < -0.3 is 58.1 Å². The fourth-order valence-corrected chi connectivity index (χ4v) is 9.07. The lowest BCUT2D eigenvalue weighted by molar-refractivity contribution is -0.320. The number of ether oxygens (including phenoxy) is 8. The molecule has 3 N–H and O–H groups in total. The first-order valence-corrected chi connectivity index (χ1v) is 18.9. The van der Waals surface area contributed by atoms with Crippen LogP contribution in [0.3, 0.4) is 0 Å². The van der Waals surface area contributed by atoms with Gasteiger partial charge in [0.25, 0.3) is 0 Å². The summed E-state index contributed by atoms with van der Waals surface area (Å²) in [5.74, 6) is -4.75. The van der Waals surface area contributed by atoms with Gasteiger partial charge in [0.05, 0.1) is 47.6 Å². The Kier molecular flexibility index (Phi) is 13.7. The summed E-state index contributed by atoms with van der Waals surface area (Å²) in [5.41, 5.74) is -3.98. The summed E-state index contributed by atoms with van der Waals surface area (Å²) in [7, 11) is 8.64. The van der Waals surface area contributed by atoms with Gasteiger partial charge in [-0.3, -0.25) is 9.59 Å². The van der Waals surface area contributed by atoms with Crippen LogP contribution in [0.15, 0.2) is 0 Å². The van der Waals surface area contributed by atoms with Gasteiger partial charge in [0.1, 0.15) is 29.7 Å². The SMILES string of the molecule is CO[C@H]1[C@H](O[C@@H]2[C@@H](C)[C@H](O[C@H]3C[C@@](C)(OC)[C@@H](O)[C@H](C)O3)[C@@H](C)C(=O)O[C@@H]3C(C)[C@]3(O)[C@H](O)C(C)C(=O)[C@H](C)C[C@]2(C)OC)O[C@H](C)C[C@@H]1N(C)C. The summed E-state index contributed by atoms with van der Waals surface area (Å²) >= 11 is 0. The van der Waals surface area contributed by atoms with Crippen molar-refractivity contribution in [2.75, 3.05) is 35.4 Å². The van der Waals surface area contributed by atoms with Gasteiger partial charge in [-0.25, -0.2) is 0 Å². The van der Waals surface area contributed by atoms with Crippen molar-refractivity contribution in [3.63, 3.8) is 0 Å². The lowest BCUT2D eigenvalue weighted by Gasteiger charge is -2.50. The zero-order valence-corrected chi connectivity index (χ0v) is 33.7. The molecule has 302 valence electrons. The van der Waals surface area contributed by atoms with Crippen molar-refractivity contribution < 1.29 is 62.8 Å². The molecule has 19 atom stereocenters. The summed E-state index contributed by atoms with van der Waals surface area (Å²) in [6.07, 6.45) is -7.33. The molecule has 0 aromatic carbocycles. The maximum absolute atomic E-state index is 14.1. The Morgan fingerprint density at radius 3 is 1.98 bits per heavy atom. The molecular weight excluding hydrogens is 678 g/mol. The molecule has 1 aliphatic carbocycles. The summed E-state index contributed by atoms with van der Waals surface area (Å²) in [5, 5.41) is 33.9. The van der Waals surface area contributed by atoms with Gasteiger partial charge in [-0.05, 0) is 61.6 Å². The summed E-state index contributed by atoms with van der Waals surface area (Å²) < 4.78 is 50.4. The Morgan fingerprint density at radius 2 is 1.42 bits per heavy atom. The molecule has 14 heteroatoms. The highest BCUT2D eigenvalue weighted by Gasteiger charge is 2.70. The monoisotopic (exact) mass is 745 g/mol. The zero-order valence-electron chi connectivity index (χ0n) is 33.7.